The SMILES string of the molecule is Cc1cccc(Oc2ccc(/C=C/C(=O)O)c(Br)c2)c1F. The van der Waals surface area contributed by atoms with Gasteiger partial charge in [0.05, 0.1) is 0 Å². The van der Waals surface area contributed by atoms with E-state index in [1.54, 1.807) is 43.3 Å². The molecule has 0 unspecified atom stereocenters. The second-order valence-corrected chi connectivity index (χ2v) is 5.20. The Hall–Kier alpha value is -2.14. The summed E-state index contributed by atoms with van der Waals surface area (Å²) in [4.78, 5) is 10.5. The predicted octanol–water partition coefficient (Wildman–Crippen LogP) is 4.79. The lowest BCUT2D eigenvalue weighted by Gasteiger charge is -2.09. The summed E-state index contributed by atoms with van der Waals surface area (Å²) in [5.74, 6) is -0.817. The van der Waals surface area contributed by atoms with E-state index in [0.29, 0.717) is 21.3 Å². The second kappa shape index (κ2) is 6.54. The highest BCUT2D eigenvalue weighted by Crippen LogP contribution is 2.30. The maximum absolute atomic E-state index is 13.9. The van der Waals surface area contributed by atoms with Gasteiger partial charge in [-0.2, -0.15) is 0 Å². The second-order valence-electron chi connectivity index (χ2n) is 4.34. The summed E-state index contributed by atoms with van der Waals surface area (Å²) < 4.78 is 20.0. The standard InChI is InChI=1S/C16H12BrFO3/c1-10-3-2-4-14(16(10)18)21-12-7-5-11(13(17)9-12)6-8-15(19)20/h2-9H,1H3,(H,19,20)/b8-6+. The van der Waals surface area contributed by atoms with E-state index in [-0.39, 0.29) is 5.75 Å². The van der Waals surface area contributed by atoms with Crippen molar-refractivity contribution in [3.05, 3.63) is 63.9 Å². The van der Waals surface area contributed by atoms with Gasteiger partial charge < -0.3 is 9.84 Å². The van der Waals surface area contributed by atoms with Crippen molar-refractivity contribution in [3.8, 4) is 11.5 Å². The number of hydrogen-bond donors (Lipinski definition) is 1. The molecule has 2 aromatic carbocycles. The number of rotatable bonds is 4. The summed E-state index contributed by atoms with van der Waals surface area (Å²) in [6, 6.07) is 9.92. The molecule has 0 saturated heterocycles. The zero-order valence-corrected chi connectivity index (χ0v) is 12.7. The molecule has 0 aliphatic heterocycles. The molecule has 2 aromatic rings. The molecule has 5 heteroatoms. The number of carboxylic acids is 1. The third-order valence-corrected chi connectivity index (χ3v) is 3.45. The molecule has 0 aliphatic carbocycles. The third-order valence-electron chi connectivity index (χ3n) is 2.76. The molecule has 1 N–H and O–H groups in total. The number of hydrogen-bond acceptors (Lipinski definition) is 2. The van der Waals surface area contributed by atoms with Crippen molar-refractivity contribution >= 4 is 28.0 Å². The van der Waals surface area contributed by atoms with Gasteiger partial charge in [-0.15, -0.1) is 0 Å². The molecule has 0 saturated carbocycles. The number of aliphatic carboxylic acids is 1. The summed E-state index contributed by atoms with van der Waals surface area (Å²) in [6.07, 6.45) is 2.50. The molecule has 0 aliphatic rings. The van der Waals surface area contributed by atoms with E-state index in [0.717, 1.165) is 6.08 Å². The smallest absolute Gasteiger partial charge is 0.328 e. The van der Waals surface area contributed by atoms with Gasteiger partial charge in [-0.05, 0) is 42.3 Å². The van der Waals surface area contributed by atoms with Crippen molar-refractivity contribution in [2.75, 3.05) is 0 Å². The molecule has 0 bridgehead atoms. The number of benzene rings is 2. The van der Waals surface area contributed by atoms with Gasteiger partial charge in [0.1, 0.15) is 5.75 Å². The number of halogens is 2. The fourth-order valence-electron chi connectivity index (χ4n) is 1.69. The first-order chi connectivity index (χ1) is 9.97. The first-order valence-electron chi connectivity index (χ1n) is 6.11. The van der Waals surface area contributed by atoms with Gasteiger partial charge in [-0.3, -0.25) is 0 Å². The van der Waals surface area contributed by atoms with Crippen LogP contribution in [0.4, 0.5) is 4.39 Å². The van der Waals surface area contributed by atoms with E-state index >= 15 is 0 Å². The van der Waals surface area contributed by atoms with E-state index in [1.165, 1.54) is 6.08 Å². The van der Waals surface area contributed by atoms with E-state index in [4.69, 9.17) is 9.84 Å². The Morgan fingerprint density at radius 2 is 2.10 bits per heavy atom. The van der Waals surface area contributed by atoms with E-state index in [9.17, 15) is 9.18 Å². The van der Waals surface area contributed by atoms with Crippen LogP contribution < -0.4 is 4.74 Å². The van der Waals surface area contributed by atoms with E-state index < -0.39 is 11.8 Å². The third kappa shape index (κ3) is 3.92. The molecule has 3 nitrogen and oxygen atoms in total. The zero-order valence-electron chi connectivity index (χ0n) is 11.1. The Labute approximate surface area is 129 Å². The molecule has 0 amide bonds. The first-order valence-corrected chi connectivity index (χ1v) is 6.90. The maximum Gasteiger partial charge on any atom is 0.328 e. The van der Waals surface area contributed by atoms with Crippen LogP contribution in [0.3, 0.4) is 0 Å². The van der Waals surface area contributed by atoms with Crippen molar-refractivity contribution in [1.82, 2.24) is 0 Å². The molecule has 21 heavy (non-hydrogen) atoms. The Balaban J connectivity index is 2.24. The van der Waals surface area contributed by atoms with Crippen LogP contribution in [0.2, 0.25) is 0 Å². The summed E-state index contributed by atoms with van der Waals surface area (Å²) in [5, 5.41) is 8.60. The van der Waals surface area contributed by atoms with Crippen LogP contribution >= 0.6 is 15.9 Å². The van der Waals surface area contributed by atoms with Crippen LogP contribution in [0, 0.1) is 12.7 Å². The molecule has 108 valence electrons. The molecular formula is C16H12BrFO3. The lowest BCUT2D eigenvalue weighted by molar-refractivity contribution is -0.131. The average molecular weight is 351 g/mol. The van der Waals surface area contributed by atoms with Crippen molar-refractivity contribution in [1.29, 1.82) is 0 Å². The predicted molar refractivity (Wildman–Crippen MR) is 82.0 cm³/mol. The largest absolute Gasteiger partial charge is 0.478 e. The molecule has 0 radical (unpaired) electrons. The minimum absolute atomic E-state index is 0.149. The maximum atomic E-state index is 13.9. The lowest BCUT2D eigenvalue weighted by atomic mass is 10.2. The normalized spacial score (nSPS) is 10.8. The number of aryl methyl sites for hydroxylation is 1. The zero-order chi connectivity index (χ0) is 15.4. The Bertz CT molecular complexity index is 711. The Kier molecular flexibility index (Phi) is 4.75. The fourth-order valence-corrected chi connectivity index (χ4v) is 2.18. The van der Waals surface area contributed by atoms with Crippen LogP contribution in [0.1, 0.15) is 11.1 Å². The summed E-state index contributed by atoms with van der Waals surface area (Å²) in [5.41, 5.74) is 1.20. The number of ether oxygens (including phenoxy) is 1. The average Bonchev–Trinajstić information content (AvgIpc) is 2.43. The van der Waals surface area contributed by atoms with Crippen molar-refractivity contribution in [2.24, 2.45) is 0 Å². The quantitative estimate of drug-likeness (QED) is 0.806. The van der Waals surface area contributed by atoms with Crippen molar-refractivity contribution < 1.29 is 19.0 Å². The van der Waals surface area contributed by atoms with Gasteiger partial charge >= 0.3 is 5.97 Å². The van der Waals surface area contributed by atoms with Crippen LogP contribution in [0.15, 0.2) is 46.9 Å². The Morgan fingerprint density at radius 1 is 1.33 bits per heavy atom. The summed E-state index contributed by atoms with van der Waals surface area (Å²) in [6.45, 7) is 1.66. The molecule has 0 atom stereocenters. The highest BCUT2D eigenvalue weighted by atomic mass is 79.9. The topological polar surface area (TPSA) is 46.5 Å². The minimum Gasteiger partial charge on any atom is -0.478 e. The van der Waals surface area contributed by atoms with Gasteiger partial charge in [0, 0.05) is 10.5 Å². The van der Waals surface area contributed by atoms with E-state index in [1.807, 2.05) is 0 Å². The fraction of sp³-hybridized carbons (Fsp3) is 0.0625. The van der Waals surface area contributed by atoms with E-state index in [2.05, 4.69) is 15.9 Å². The number of carbonyl (C=O) groups is 1. The Morgan fingerprint density at radius 3 is 2.76 bits per heavy atom. The van der Waals surface area contributed by atoms with Gasteiger partial charge in [0.15, 0.2) is 11.6 Å². The molecular weight excluding hydrogens is 339 g/mol. The molecule has 0 aromatic heterocycles. The molecule has 0 fully saturated rings. The van der Waals surface area contributed by atoms with Crippen LogP contribution in [-0.4, -0.2) is 11.1 Å². The van der Waals surface area contributed by atoms with Gasteiger partial charge in [-0.1, -0.05) is 34.1 Å². The lowest BCUT2D eigenvalue weighted by Crippen LogP contribution is -1.91. The molecule has 0 spiro atoms. The monoisotopic (exact) mass is 350 g/mol. The van der Waals surface area contributed by atoms with Crippen molar-refractivity contribution in [3.63, 3.8) is 0 Å². The highest BCUT2D eigenvalue weighted by Gasteiger charge is 2.08. The van der Waals surface area contributed by atoms with Crippen LogP contribution in [0.25, 0.3) is 6.08 Å². The summed E-state index contributed by atoms with van der Waals surface area (Å²) >= 11 is 3.33. The number of carboxylic acid groups (broad SMARTS) is 1. The van der Waals surface area contributed by atoms with Gasteiger partial charge in [0.2, 0.25) is 0 Å². The van der Waals surface area contributed by atoms with Crippen LogP contribution in [-0.2, 0) is 4.79 Å². The van der Waals surface area contributed by atoms with Gasteiger partial charge in [-0.25, -0.2) is 9.18 Å². The summed E-state index contributed by atoms with van der Waals surface area (Å²) in [7, 11) is 0. The minimum atomic E-state index is -1.02. The first kappa shape index (κ1) is 15.3. The highest BCUT2D eigenvalue weighted by molar-refractivity contribution is 9.10. The van der Waals surface area contributed by atoms with Gasteiger partial charge in [0.25, 0.3) is 0 Å². The molecule has 0 heterocycles. The molecule has 2 rings (SSSR count). The van der Waals surface area contributed by atoms with Crippen LogP contribution in [0.5, 0.6) is 11.5 Å². The van der Waals surface area contributed by atoms with Crippen molar-refractivity contribution in [2.45, 2.75) is 6.92 Å².